The lowest BCUT2D eigenvalue weighted by atomic mass is 9.74. The average Bonchev–Trinajstić information content (AvgIpc) is 2.51. The van der Waals surface area contributed by atoms with Crippen molar-refractivity contribution in [1.82, 2.24) is 5.32 Å². The maximum absolute atomic E-state index is 13.8. The van der Waals surface area contributed by atoms with Crippen LogP contribution in [0.3, 0.4) is 0 Å². The molecule has 0 radical (unpaired) electrons. The molecule has 2 heteroatoms. The topological polar surface area (TPSA) is 12.0 Å². The van der Waals surface area contributed by atoms with E-state index in [0.29, 0.717) is 18.8 Å². The third kappa shape index (κ3) is 1.28. The van der Waals surface area contributed by atoms with Crippen molar-refractivity contribution in [1.29, 1.82) is 0 Å². The monoisotopic (exact) mass is 169 g/mol. The van der Waals surface area contributed by atoms with Gasteiger partial charge in [0.15, 0.2) is 0 Å². The van der Waals surface area contributed by atoms with E-state index in [9.17, 15) is 4.39 Å². The number of fused-ring (bicyclic) bond motifs is 1. The summed E-state index contributed by atoms with van der Waals surface area (Å²) in [7, 11) is 0. The SMILES string of the molecule is C=CC1(F)CCC2CNCC2C1. The van der Waals surface area contributed by atoms with Crippen molar-refractivity contribution in [2.45, 2.75) is 24.9 Å². The van der Waals surface area contributed by atoms with Crippen molar-refractivity contribution >= 4 is 0 Å². The molecule has 0 bridgehead atoms. The minimum atomic E-state index is -1.06. The summed E-state index contributed by atoms with van der Waals surface area (Å²) in [5, 5.41) is 3.33. The lowest BCUT2D eigenvalue weighted by Crippen LogP contribution is -2.33. The summed E-state index contributed by atoms with van der Waals surface area (Å²) in [4.78, 5) is 0. The highest BCUT2D eigenvalue weighted by Gasteiger charge is 2.40. The number of nitrogens with one attached hydrogen (secondary N) is 1. The first-order chi connectivity index (χ1) is 5.73. The Morgan fingerprint density at radius 3 is 2.92 bits per heavy atom. The molecule has 12 heavy (non-hydrogen) atoms. The number of halogens is 1. The quantitative estimate of drug-likeness (QED) is 0.591. The smallest absolute Gasteiger partial charge is 0.129 e. The van der Waals surface area contributed by atoms with Crippen molar-refractivity contribution in [3.8, 4) is 0 Å². The van der Waals surface area contributed by atoms with Gasteiger partial charge in [-0.3, -0.25) is 0 Å². The van der Waals surface area contributed by atoms with Gasteiger partial charge >= 0.3 is 0 Å². The number of hydrogen-bond donors (Lipinski definition) is 1. The molecule has 1 heterocycles. The van der Waals surface area contributed by atoms with Gasteiger partial charge in [0.2, 0.25) is 0 Å². The van der Waals surface area contributed by atoms with Gasteiger partial charge in [0.1, 0.15) is 5.67 Å². The van der Waals surface area contributed by atoms with Crippen LogP contribution in [0.15, 0.2) is 12.7 Å². The lowest BCUT2D eigenvalue weighted by molar-refractivity contribution is 0.105. The number of hydrogen-bond acceptors (Lipinski definition) is 1. The summed E-state index contributed by atoms with van der Waals surface area (Å²) < 4.78 is 13.8. The number of allylic oxidation sites excluding steroid dienone is 1. The van der Waals surface area contributed by atoms with Crippen LogP contribution in [0.2, 0.25) is 0 Å². The first-order valence-electron chi connectivity index (χ1n) is 4.77. The second kappa shape index (κ2) is 2.84. The van der Waals surface area contributed by atoms with E-state index in [1.165, 1.54) is 6.08 Å². The molecule has 68 valence electrons. The van der Waals surface area contributed by atoms with Gasteiger partial charge in [0, 0.05) is 0 Å². The van der Waals surface area contributed by atoms with Crippen molar-refractivity contribution in [2.75, 3.05) is 13.1 Å². The highest BCUT2D eigenvalue weighted by Crippen LogP contribution is 2.41. The van der Waals surface area contributed by atoms with Crippen LogP contribution < -0.4 is 5.32 Å². The van der Waals surface area contributed by atoms with E-state index < -0.39 is 5.67 Å². The average molecular weight is 169 g/mol. The summed E-state index contributed by atoms with van der Waals surface area (Å²) in [6, 6.07) is 0. The standard InChI is InChI=1S/C10H16FN/c1-2-10(11)4-3-8-6-12-7-9(8)5-10/h2,8-9,12H,1,3-7H2. The molecule has 2 aliphatic rings. The molecule has 1 nitrogen and oxygen atoms in total. The van der Waals surface area contributed by atoms with Crippen molar-refractivity contribution in [3.63, 3.8) is 0 Å². The number of alkyl halides is 1. The highest BCUT2D eigenvalue weighted by atomic mass is 19.1. The van der Waals surface area contributed by atoms with Crippen LogP contribution in [-0.2, 0) is 0 Å². The van der Waals surface area contributed by atoms with Crippen LogP contribution in [0.25, 0.3) is 0 Å². The Labute approximate surface area is 73.0 Å². The second-order valence-electron chi connectivity index (χ2n) is 4.16. The predicted octanol–water partition coefficient (Wildman–Crippen LogP) is 1.90. The Morgan fingerprint density at radius 2 is 2.17 bits per heavy atom. The summed E-state index contributed by atoms with van der Waals surface area (Å²) >= 11 is 0. The van der Waals surface area contributed by atoms with Gasteiger partial charge in [-0.25, -0.2) is 4.39 Å². The minimum Gasteiger partial charge on any atom is -0.316 e. The van der Waals surface area contributed by atoms with Gasteiger partial charge in [0.25, 0.3) is 0 Å². The van der Waals surface area contributed by atoms with E-state index >= 15 is 0 Å². The van der Waals surface area contributed by atoms with Crippen LogP contribution in [0.4, 0.5) is 4.39 Å². The molecule has 2 fully saturated rings. The Hall–Kier alpha value is -0.370. The van der Waals surface area contributed by atoms with Crippen LogP contribution >= 0.6 is 0 Å². The van der Waals surface area contributed by atoms with E-state index in [0.717, 1.165) is 25.4 Å². The Morgan fingerprint density at radius 1 is 1.42 bits per heavy atom. The Balaban J connectivity index is 2.05. The van der Waals surface area contributed by atoms with E-state index in [-0.39, 0.29) is 0 Å². The largest absolute Gasteiger partial charge is 0.316 e. The van der Waals surface area contributed by atoms with Gasteiger partial charge in [0.05, 0.1) is 0 Å². The van der Waals surface area contributed by atoms with E-state index in [4.69, 9.17) is 0 Å². The molecule has 0 amide bonds. The van der Waals surface area contributed by atoms with Crippen LogP contribution in [0.5, 0.6) is 0 Å². The molecule has 0 spiro atoms. The normalized spacial score (nSPS) is 47.1. The van der Waals surface area contributed by atoms with Gasteiger partial charge in [-0.2, -0.15) is 0 Å². The molecule has 3 atom stereocenters. The third-order valence-corrected chi connectivity index (χ3v) is 3.38. The molecule has 3 unspecified atom stereocenters. The molecule has 1 N–H and O–H groups in total. The van der Waals surface area contributed by atoms with Crippen LogP contribution in [0.1, 0.15) is 19.3 Å². The van der Waals surface area contributed by atoms with E-state index in [2.05, 4.69) is 11.9 Å². The van der Waals surface area contributed by atoms with Gasteiger partial charge in [-0.15, -0.1) is 0 Å². The molecule has 2 rings (SSSR count). The molecule has 1 aliphatic carbocycles. The Bertz CT molecular complexity index is 192. The molecule has 0 aromatic carbocycles. The molecular formula is C10H16FN. The molecule has 1 aliphatic heterocycles. The summed E-state index contributed by atoms with van der Waals surface area (Å²) in [6.45, 7) is 5.67. The third-order valence-electron chi connectivity index (χ3n) is 3.38. The molecule has 1 saturated carbocycles. The van der Waals surface area contributed by atoms with Crippen molar-refractivity contribution < 1.29 is 4.39 Å². The lowest BCUT2D eigenvalue weighted by Gasteiger charge is -2.34. The fraction of sp³-hybridized carbons (Fsp3) is 0.800. The van der Waals surface area contributed by atoms with E-state index in [1.54, 1.807) is 0 Å². The molecular weight excluding hydrogens is 153 g/mol. The zero-order valence-corrected chi connectivity index (χ0v) is 7.35. The second-order valence-corrected chi connectivity index (χ2v) is 4.16. The van der Waals surface area contributed by atoms with Gasteiger partial charge in [-0.05, 0) is 44.2 Å². The fourth-order valence-corrected chi connectivity index (χ4v) is 2.51. The van der Waals surface area contributed by atoms with Gasteiger partial charge in [-0.1, -0.05) is 12.7 Å². The van der Waals surface area contributed by atoms with Gasteiger partial charge < -0.3 is 5.32 Å². The summed E-state index contributed by atoms with van der Waals surface area (Å²) in [5.74, 6) is 1.29. The van der Waals surface area contributed by atoms with Crippen molar-refractivity contribution in [2.24, 2.45) is 11.8 Å². The molecule has 0 aromatic rings. The highest BCUT2D eigenvalue weighted by molar-refractivity contribution is 5.03. The molecule has 1 saturated heterocycles. The minimum absolute atomic E-state index is 0.557. The maximum atomic E-state index is 13.8. The van der Waals surface area contributed by atoms with Crippen molar-refractivity contribution in [3.05, 3.63) is 12.7 Å². The van der Waals surface area contributed by atoms with E-state index in [1.807, 2.05) is 0 Å². The zero-order chi connectivity index (χ0) is 8.60. The first kappa shape index (κ1) is 8.24. The zero-order valence-electron chi connectivity index (χ0n) is 7.35. The summed E-state index contributed by atoms with van der Waals surface area (Å²) in [6.07, 6.45) is 3.90. The van der Waals surface area contributed by atoms with Crippen LogP contribution in [0, 0.1) is 11.8 Å². The summed E-state index contributed by atoms with van der Waals surface area (Å²) in [5.41, 5.74) is -1.06. The van der Waals surface area contributed by atoms with Crippen LogP contribution in [-0.4, -0.2) is 18.8 Å². The maximum Gasteiger partial charge on any atom is 0.129 e. The fourth-order valence-electron chi connectivity index (χ4n) is 2.51. The number of rotatable bonds is 1. The predicted molar refractivity (Wildman–Crippen MR) is 47.7 cm³/mol. The Kier molecular flexibility index (Phi) is 1.95. The molecule has 0 aromatic heterocycles. The first-order valence-corrected chi connectivity index (χ1v) is 4.77.